The number of furan rings is 1. The lowest BCUT2D eigenvalue weighted by Gasteiger charge is -2.31. The fourth-order valence-electron chi connectivity index (χ4n) is 3.60. The summed E-state index contributed by atoms with van der Waals surface area (Å²) in [6.07, 6.45) is 3.10. The molecule has 1 aromatic heterocycles. The second-order valence-corrected chi connectivity index (χ2v) is 6.98. The molecular formula is C23H22N2O3. The highest BCUT2D eigenvalue weighted by Gasteiger charge is 2.31. The second kappa shape index (κ2) is 8.13. The molecule has 0 aliphatic carbocycles. The number of anilines is 1. The highest BCUT2D eigenvalue weighted by molar-refractivity contribution is 5.99. The lowest BCUT2D eigenvalue weighted by Crippen LogP contribution is -2.43. The van der Waals surface area contributed by atoms with Gasteiger partial charge in [-0.2, -0.15) is 0 Å². The lowest BCUT2D eigenvalue weighted by atomic mass is 9.96. The van der Waals surface area contributed by atoms with Crippen LogP contribution >= 0.6 is 0 Å². The minimum Gasteiger partial charge on any atom is -0.459 e. The van der Waals surface area contributed by atoms with Crippen LogP contribution in [0.3, 0.4) is 0 Å². The van der Waals surface area contributed by atoms with Gasteiger partial charge in [0.25, 0.3) is 5.91 Å². The third-order valence-corrected chi connectivity index (χ3v) is 5.06. The second-order valence-electron chi connectivity index (χ2n) is 6.98. The van der Waals surface area contributed by atoms with Gasteiger partial charge in [0.1, 0.15) is 0 Å². The third-order valence-electron chi connectivity index (χ3n) is 5.06. The Morgan fingerprint density at radius 3 is 2.43 bits per heavy atom. The number of amides is 2. The first-order valence-electron chi connectivity index (χ1n) is 9.50. The van der Waals surface area contributed by atoms with E-state index in [1.54, 1.807) is 11.2 Å². The van der Waals surface area contributed by atoms with E-state index in [0.29, 0.717) is 18.8 Å². The average Bonchev–Trinajstić information content (AvgIpc) is 3.24. The van der Waals surface area contributed by atoms with Crippen molar-refractivity contribution in [1.29, 1.82) is 0 Å². The van der Waals surface area contributed by atoms with Crippen LogP contribution in [-0.2, 0) is 4.79 Å². The van der Waals surface area contributed by atoms with E-state index in [0.717, 1.165) is 29.7 Å². The molecule has 2 amide bonds. The van der Waals surface area contributed by atoms with Crippen LogP contribution in [0.25, 0.3) is 11.1 Å². The van der Waals surface area contributed by atoms with Crippen LogP contribution in [0.2, 0.25) is 0 Å². The Morgan fingerprint density at radius 2 is 1.68 bits per heavy atom. The fourth-order valence-corrected chi connectivity index (χ4v) is 3.60. The predicted molar refractivity (Wildman–Crippen MR) is 108 cm³/mol. The van der Waals surface area contributed by atoms with Crippen LogP contribution in [0.4, 0.5) is 5.69 Å². The molecule has 3 aromatic rings. The first kappa shape index (κ1) is 18.0. The van der Waals surface area contributed by atoms with Crippen molar-refractivity contribution < 1.29 is 14.0 Å². The van der Waals surface area contributed by atoms with E-state index in [9.17, 15) is 9.59 Å². The molecule has 5 heteroatoms. The predicted octanol–water partition coefficient (Wildman–Crippen LogP) is 4.44. The molecule has 0 spiro atoms. The molecule has 0 bridgehead atoms. The maximum absolute atomic E-state index is 13.1. The van der Waals surface area contributed by atoms with Crippen molar-refractivity contribution in [3.05, 3.63) is 78.8 Å². The van der Waals surface area contributed by atoms with E-state index >= 15 is 0 Å². The summed E-state index contributed by atoms with van der Waals surface area (Å²) in [4.78, 5) is 27.4. The van der Waals surface area contributed by atoms with E-state index in [1.165, 1.54) is 0 Å². The number of hydrogen-bond donors (Lipinski definition) is 1. The highest BCUT2D eigenvalue weighted by Crippen LogP contribution is 2.28. The molecule has 2 heterocycles. The van der Waals surface area contributed by atoms with Gasteiger partial charge in [0.05, 0.1) is 12.2 Å². The van der Waals surface area contributed by atoms with Gasteiger partial charge in [-0.15, -0.1) is 0 Å². The van der Waals surface area contributed by atoms with E-state index in [2.05, 4.69) is 5.32 Å². The van der Waals surface area contributed by atoms with Crippen molar-refractivity contribution in [1.82, 2.24) is 4.90 Å². The maximum atomic E-state index is 13.1. The van der Waals surface area contributed by atoms with Gasteiger partial charge in [-0.3, -0.25) is 9.59 Å². The normalized spacial score (nSPS) is 16.6. The first-order valence-corrected chi connectivity index (χ1v) is 9.50. The zero-order valence-electron chi connectivity index (χ0n) is 15.5. The standard InChI is InChI=1S/C23H22N2O3/c26-22(24-19-11-5-2-6-12-19)18-10-7-14-25(16-18)23(27)21-20(13-15-28-21)17-8-3-1-4-9-17/h1-6,8-9,11-13,15,18H,7,10,14,16H2,(H,24,26)/t18-/m0/s1. The van der Waals surface area contributed by atoms with Gasteiger partial charge in [0, 0.05) is 24.3 Å². The molecular weight excluding hydrogens is 352 g/mol. The summed E-state index contributed by atoms with van der Waals surface area (Å²) in [7, 11) is 0. The molecule has 28 heavy (non-hydrogen) atoms. The molecule has 1 atom stereocenters. The quantitative estimate of drug-likeness (QED) is 0.734. The van der Waals surface area contributed by atoms with E-state index in [-0.39, 0.29) is 17.7 Å². The Kier molecular flexibility index (Phi) is 5.24. The van der Waals surface area contributed by atoms with Crippen LogP contribution in [0.5, 0.6) is 0 Å². The molecule has 4 rings (SSSR count). The SMILES string of the molecule is O=C(Nc1ccccc1)[C@H]1CCCN(C(=O)c2occc2-c2ccccc2)C1. The van der Waals surface area contributed by atoms with Gasteiger partial charge in [-0.25, -0.2) is 0 Å². The summed E-state index contributed by atoms with van der Waals surface area (Å²) < 4.78 is 5.53. The number of carbonyl (C=O) groups excluding carboxylic acids is 2. The molecule has 2 aromatic carbocycles. The largest absolute Gasteiger partial charge is 0.459 e. The zero-order valence-corrected chi connectivity index (χ0v) is 15.5. The van der Waals surface area contributed by atoms with Crippen molar-refractivity contribution in [3.8, 4) is 11.1 Å². The molecule has 1 aliphatic heterocycles. The molecule has 142 valence electrons. The molecule has 0 unspecified atom stereocenters. The Balaban J connectivity index is 1.47. The average molecular weight is 374 g/mol. The number of hydrogen-bond acceptors (Lipinski definition) is 3. The van der Waals surface area contributed by atoms with Crippen LogP contribution in [-0.4, -0.2) is 29.8 Å². The number of benzene rings is 2. The number of likely N-dealkylation sites (tertiary alicyclic amines) is 1. The van der Waals surface area contributed by atoms with E-state index in [4.69, 9.17) is 4.42 Å². The van der Waals surface area contributed by atoms with Crippen LogP contribution in [0, 0.1) is 5.92 Å². The Bertz CT molecular complexity index is 950. The van der Waals surface area contributed by atoms with Gasteiger partial charge in [0.2, 0.25) is 5.91 Å². The fraction of sp³-hybridized carbons (Fsp3) is 0.217. The van der Waals surface area contributed by atoms with E-state index < -0.39 is 0 Å². The molecule has 1 N–H and O–H groups in total. The smallest absolute Gasteiger partial charge is 0.290 e. The molecule has 1 saturated heterocycles. The highest BCUT2D eigenvalue weighted by atomic mass is 16.3. The minimum absolute atomic E-state index is 0.0496. The Morgan fingerprint density at radius 1 is 0.964 bits per heavy atom. The van der Waals surface area contributed by atoms with Gasteiger partial charge in [0.15, 0.2) is 5.76 Å². The van der Waals surface area contributed by atoms with Gasteiger partial charge in [-0.1, -0.05) is 48.5 Å². The summed E-state index contributed by atoms with van der Waals surface area (Å²) in [5, 5.41) is 2.94. The van der Waals surface area contributed by atoms with Crippen LogP contribution < -0.4 is 5.32 Å². The van der Waals surface area contributed by atoms with E-state index in [1.807, 2.05) is 66.7 Å². The third kappa shape index (κ3) is 3.83. The number of nitrogens with one attached hydrogen (secondary N) is 1. The molecule has 1 fully saturated rings. The number of piperidine rings is 1. The maximum Gasteiger partial charge on any atom is 0.290 e. The van der Waals surface area contributed by atoms with Gasteiger partial charge in [-0.05, 0) is 36.6 Å². The number of nitrogens with zero attached hydrogens (tertiary/aromatic N) is 1. The summed E-state index contributed by atoms with van der Waals surface area (Å²) in [5.41, 5.74) is 2.49. The van der Waals surface area contributed by atoms with Crippen LogP contribution in [0.1, 0.15) is 23.4 Å². The first-order chi connectivity index (χ1) is 13.7. The zero-order chi connectivity index (χ0) is 19.3. The topological polar surface area (TPSA) is 62.6 Å². The lowest BCUT2D eigenvalue weighted by molar-refractivity contribution is -0.121. The van der Waals surface area contributed by atoms with Crippen LogP contribution in [0.15, 0.2) is 77.4 Å². The number of rotatable bonds is 4. The van der Waals surface area contributed by atoms with Crippen molar-refractivity contribution in [2.75, 3.05) is 18.4 Å². The number of carbonyl (C=O) groups is 2. The van der Waals surface area contributed by atoms with Gasteiger partial charge < -0.3 is 14.6 Å². The Hall–Kier alpha value is -3.34. The summed E-state index contributed by atoms with van der Waals surface area (Å²) in [5.74, 6) is -0.115. The molecule has 0 saturated carbocycles. The summed E-state index contributed by atoms with van der Waals surface area (Å²) >= 11 is 0. The minimum atomic E-state index is -0.229. The van der Waals surface area contributed by atoms with Crippen molar-refractivity contribution in [2.45, 2.75) is 12.8 Å². The summed E-state index contributed by atoms with van der Waals surface area (Å²) in [6, 6.07) is 20.9. The summed E-state index contributed by atoms with van der Waals surface area (Å²) in [6.45, 7) is 1.02. The molecule has 5 nitrogen and oxygen atoms in total. The van der Waals surface area contributed by atoms with Crippen molar-refractivity contribution >= 4 is 17.5 Å². The van der Waals surface area contributed by atoms with Crippen molar-refractivity contribution in [3.63, 3.8) is 0 Å². The monoisotopic (exact) mass is 374 g/mol. The van der Waals surface area contributed by atoms with Gasteiger partial charge >= 0.3 is 0 Å². The molecule has 1 aliphatic rings. The molecule has 0 radical (unpaired) electrons. The van der Waals surface area contributed by atoms with Crippen molar-refractivity contribution in [2.24, 2.45) is 5.92 Å². The number of para-hydroxylation sites is 1. The Labute approximate surface area is 164 Å².